The highest BCUT2D eigenvalue weighted by atomic mass is 35.5. The van der Waals surface area contributed by atoms with Crippen LogP contribution >= 0.6 is 11.6 Å². The van der Waals surface area contributed by atoms with Gasteiger partial charge >= 0.3 is 0 Å². The van der Waals surface area contributed by atoms with E-state index in [0.717, 1.165) is 0 Å². The minimum Gasteiger partial charge on any atom is -0.312 e. The number of hydrogen-bond donors (Lipinski definition) is 1. The van der Waals surface area contributed by atoms with Gasteiger partial charge in [-0.15, -0.1) is 11.6 Å². The van der Waals surface area contributed by atoms with Crippen LogP contribution in [0.2, 0.25) is 0 Å². The lowest BCUT2D eigenvalue weighted by Crippen LogP contribution is -2.17. The Kier molecular flexibility index (Phi) is 3.57. The Morgan fingerprint density at radius 3 is 2.75 bits per heavy atom. The van der Waals surface area contributed by atoms with Gasteiger partial charge in [-0.3, -0.25) is 0 Å². The van der Waals surface area contributed by atoms with Gasteiger partial charge in [0.2, 0.25) is 0 Å². The highest BCUT2D eigenvalue weighted by molar-refractivity contribution is 6.18. The first-order valence-corrected chi connectivity index (χ1v) is 4.61. The van der Waals surface area contributed by atoms with Crippen molar-refractivity contribution in [2.24, 2.45) is 0 Å². The molecule has 0 saturated heterocycles. The average molecular weight is 184 g/mol. The zero-order chi connectivity index (χ0) is 8.97. The van der Waals surface area contributed by atoms with Crippen molar-refractivity contribution in [3.8, 4) is 0 Å². The summed E-state index contributed by atoms with van der Waals surface area (Å²) < 4.78 is 0. The van der Waals surface area contributed by atoms with Crippen molar-refractivity contribution in [2.45, 2.75) is 13.0 Å². The molecule has 66 valence electrons. The standard InChI is InChI=1S/C10H14ClN/c1-8-4-3-5-9(6-8)10(7-11)12-2/h3-6,10,12H,7H2,1-2H3. The van der Waals surface area contributed by atoms with E-state index in [0.29, 0.717) is 5.88 Å². The molecular formula is C10H14ClN. The zero-order valence-electron chi connectivity index (χ0n) is 7.47. The second kappa shape index (κ2) is 4.48. The first-order chi connectivity index (χ1) is 5.77. The van der Waals surface area contributed by atoms with Crippen molar-refractivity contribution in [3.05, 3.63) is 35.4 Å². The molecule has 1 nitrogen and oxygen atoms in total. The van der Waals surface area contributed by atoms with Crippen molar-refractivity contribution in [2.75, 3.05) is 12.9 Å². The molecule has 0 radical (unpaired) electrons. The second-order valence-corrected chi connectivity index (χ2v) is 3.22. The molecule has 1 rings (SSSR count). The van der Waals surface area contributed by atoms with Gasteiger partial charge in [0.05, 0.1) is 0 Å². The lowest BCUT2D eigenvalue weighted by Gasteiger charge is -2.13. The van der Waals surface area contributed by atoms with Gasteiger partial charge in [0, 0.05) is 11.9 Å². The summed E-state index contributed by atoms with van der Waals surface area (Å²) in [5.41, 5.74) is 2.53. The Bertz CT molecular complexity index is 243. The number of hydrogen-bond acceptors (Lipinski definition) is 1. The average Bonchev–Trinajstić information content (AvgIpc) is 2.07. The van der Waals surface area contributed by atoms with Crippen LogP contribution in [0.15, 0.2) is 24.3 Å². The SMILES string of the molecule is CNC(CCl)c1cccc(C)c1. The normalized spacial score (nSPS) is 12.9. The Hall–Kier alpha value is -0.530. The molecule has 0 aliphatic rings. The number of rotatable bonds is 3. The molecule has 0 saturated carbocycles. The molecule has 1 aromatic rings. The van der Waals surface area contributed by atoms with Crippen LogP contribution in [0.4, 0.5) is 0 Å². The maximum atomic E-state index is 5.79. The smallest absolute Gasteiger partial charge is 0.0455 e. The topological polar surface area (TPSA) is 12.0 Å². The van der Waals surface area contributed by atoms with Crippen LogP contribution < -0.4 is 5.32 Å². The predicted octanol–water partition coefficient (Wildman–Crippen LogP) is 2.49. The van der Waals surface area contributed by atoms with E-state index < -0.39 is 0 Å². The maximum absolute atomic E-state index is 5.79. The molecule has 1 atom stereocenters. The van der Waals surface area contributed by atoms with E-state index in [-0.39, 0.29) is 6.04 Å². The third-order valence-electron chi connectivity index (χ3n) is 1.95. The third kappa shape index (κ3) is 2.23. The summed E-state index contributed by atoms with van der Waals surface area (Å²) in [4.78, 5) is 0. The fraction of sp³-hybridized carbons (Fsp3) is 0.400. The molecule has 0 amide bonds. The summed E-state index contributed by atoms with van der Waals surface area (Å²) in [7, 11) is 1.93. The Labute approximate surface area is 78.7 Å². The predicted molar refractivity (Wildman–Crippen MR) is 53.7 cm³/mol. The summed E-state index contributed by atoms with van der Waals surface area (Å²) in [5, 5.41) is 3.16. The van der Waals surface area contributed by atoms with Crippen molar-refractivity contribution in [3.63, 3.8) is 0 Å². The Morgan fingerprint density at radius 2 is 2.25 bits per heavy atom. The zero-order valence-corrected chi connectivity index (χ0v) is 8.23. The van der Waals surface area contributed by atoms with Gasteiger partial charge in [0.15, 0.2) is 0 Å². The molecule has 1 unspecified atom stereocenters. The minimum absolute atomic E-state index is 0.270. The summed E-state index contributed by atoms with van der Waals surface area (Å²) in [6, 6.07) is 8.66. The van der Waals surface area contributed by atoms with Gasteiger partial charge in [-0.05, 0) is 19.5 Å². The van der Waals surface area contributed by atoms with Gasteiger partial charge in [-0.2, -0.15) is 0 Å². The molecule has 0 aliphatic heterocycles. The van der Waals surface area contributed by atoms with E-state index in [4.69, 9.17) is 11.6 Å². The van der Waals surface area contributed by atoms with E-state index >= 15 is 0 Å². The van der Waals surface area contributed by atoms with Crippen molar-refractivity contribution in [1.82, 2.24) is 5.32 Å². The number of alkyl halides is 1. The van der Waals surface area contributed by atoms with E-state index in [1.807, 2.05) is 7.05 Å². The van der Waals surface area contributed by atoms with Crippen LogP contribution in [0.3, 0.4) is 0 Å². The molecule has 0 aliphatic carbocycles. The minimum atomic E-state index is 0.270. The fourth-order valence-electron chi connectivity index (χ4n) is 1.22. The van der Waals surface area contributed by atoms with E-state index in [2.05, 4.69) is 36.5 Å². The first kappa shape index (κ1) is 9.56. The molecular weight excluding hydrogens is 170 g/mol. The van der Waals surface area contributed by atoms with Crippen LogP contribution in [0.1, 0.15) is 17.2 Å². The molecule has 0 heterocycles. The van der Waals surface area contributed by atoms with Crippen molar-refractivity contribution in [1.29, 1.82) is 0 Å². The molecule has 2 heteroatoms. The van der Waals surface area contributed by atoms with Crippen LogP contribution in [0, 0.1) is 6.92 Å². The number of aryl methyl sites for hydroxylation is 1. The number of nitrogens with one attached hydrogen (secondary N) is 1. The van der Waals surface area contributed by atoms with Gasteiger partial charge in [0.1, 0.15) is 0 Å². The quantitative estimate of drug-likeness (QED) is 0.711. The summed E-state index contributed by atoms with van der Waals surface area (Å²) in [5.74, 6) is 0.611. The van der Waals surface area contributed by atoms with Gasteiger partial charge < -0.3 is 5.32 Å². The van der Waals surface area contributed by atoms with Gasteiger partial charge in [-0.25, -0.2) is 0 Å². The summed E-state index contributed by atoms with van der Waals surface area (Å²) >= 11 is 5.79. The highest BCUT2D eigenvalue weighted by Crippen LogP contribution is 2.14. The maximum Gasteiger partial charge on any atom is 0.0455 e. The van der Waals surface area contributed by atoms with Crippen LogP contribution in [-0.4, -0.2) is 12.9 Å². The van der Waals surface area contributed by atoms with Gasteiger partial charge in [0.25, 0.3) is 0 Å². The molecule has 12 heavy (non-hydrogen) atoms. The first-order valence-electron chi connectivity index (χ1n) is 4.07. The molecule has 0 fully saturated rings. The van der Waals surface area contributed by atoms with Gasteiger partial charge in [-0.1, -0.05) is 29.8 Å². The molecule has 1 aromatic carbocycles. The third-order valence-corrected chi connectivity index (χ3v) is 2.26. The second-order valence-electron chi connectivity index (χ2n) is 2.91. The van der Waals surface area contributed by atoms with Crippen molar-refractivity contribution >= 4 is 11.6 Å². The van der Waals surface area contributed by atoms with Crippen LogP contribution in [-0.2, 0) is 0 Å². The fourth-order valence-corrected chi connectivity index (χ4v) is 1.55. The van der Waals surface area contributed by atoms with Crippen molar-refractivity contribution < 1.29 is 0 Å². The highest BCUT2D eigenvalue weighted by Gasteiger charge is 2.05. The molecule has 0 bridgehead atoms. The Morgan fingerprint density at radius 1 is 1.50 bits per heavy atom. The molecule has 0 spiro atoms. The monoisotopic (exact) mass is 183 g/mol. The van der Waals surface area contributed by atoms with Crippen LogP contribution in [0.5, 0.6) is 0 Å². The largest absolute Gasteiger partial charge is 0.312 e. The molecule has 1 N–H and O–H groups in total. The van der Waals surface area contributed by atoms with E-state index in [1.54, 1.807) is 0 Å². The Balaban J connectivity index is 2.85. The summed E-state index contributed by atoms with van der Waals surface area (Å²) in [6.07, 6.45) is 0. The van der Waals surface area contributed by atoms with E-state index in [1.165, 1.54) is 11.1 Å². The molecule has 0 aromatic heterocycles. The van der Waals surface area contributed by atoms with E-state index in [9.17, 15) is 0 Å². The lowest BCUT2D eigenvalue weighted by molar-refractivity contribution is 0.658. The number of halogens is 1. The summed E-state index contributed by atoms with van der Waals surface area (Å²) in [6.45, 7) is 2.09. The van der Waals surface area contributed by atoms with Crippen LogP contribution in [0.25, 0.3) is 0 Å². The number of benzene rings is 1. The lowest BCUT2D eigenvalue weighted by atomic mass is 10.1.